The maximum absolute atomic E-state index is 5.55. The van der Waals surface area contributed by atoms with Gasteiger partial charge in [-0.1, -0.05) is 32.4 Å². The fourth-order valence-corrected chi connectivity index (χ4v) is 1.16. The van der Waals surface area contributed by atoms with Gasteiger partial charge < -0.3 is 4.74 Å². The molecule has 0 fully saturated rings. The van der Waals surface area contributed by atoms with Crippen molar-refractivity contribution in [2.24, 2.45) is 0 Å². The molecule has 72 valence electrons. The quantitative estimate of drug-likeness (QED) is 0.628. The average Bonchev–Trinajstić information content (AvgIpc) is 2.19. The lowest BCUT2D eigenvalue weighted by molar-refractivity contribution is 0.309. The Morgan fingerprint density at radius 3 is 2.31 bits per heavy atom. The molecule has 0 aliphatic carbocycles. The molecule has 0 aromatic heterocycles. The summed E-state index contributed by atoms with van der Waals surface area (Å²) in [6, 6.07) is 8.35. The SMILES string of the molecule is CCCCOc1ccc(CC)cc1. The minimum Gasteiger partial charge on any atom is -0.494 e. The zero-order valence-corrected chi connectivity index (χ0v) is 8.55. The molecule has 1 nitrogen and oxygen atoms in total. The standard InChI is InChI=1S/C12H18O/c1-3-5-10-13-12-8-6-11(4-2)7-9-12/h6-9H,3-5,10H2,1-2H3. The molecule has 1 rings (SSSR count). The first kappa shape index (κ1) is 10.1. The smallest absolute Gasteiger partial charge is 0.119 e. The van der Waals surface area contributed by atoms with Crippen molar-refractivity contribution in [3.63, 3.8) is 0 Å². The summed E-state index contributed by atoms with van der Waals surface area (Å²) in [6.45, 7) is 5.17. The summed E-state index contributed by atoms with van der Waals surface area (Å²) in [7, 11) is 0. The van der Waals surface area contributed by atoms with Crippen molar-refractivity contribution in [2.75, 3.05) is 6.61 Å². The van der Waals surface area contributed by atoms with Crippen LogP contribution in [0.15, 0.2) is 24.3 Å². The van der Waals surface area contributed by atoms with Gasteiger partial charge in [0.25, 0.3) is 0 Å². The van der Waals surface area contributed by atoms with Crippen LogP contribution in [0.2, 0.25) is 0 Å². The van der Waals surface area contributed by atoms with Gasteiger partial charge in [0.05, 0.1) is 6.61 Å². The number of ether oxygens (including phenoxy) is 1. The summed E-state index contributed by atoms with van der Waals surface area (Å²) in [5.41, 5.74) is 1.36. The molecular weight excluding hydrogens is 160 g/mol. The van der Waals surface area contributed by atoms with Crippen LogP contribution < -0.4 is 4.74 Å². The number of unbranched alkanes of at least 4 members (excludes halogenated alkanes) is 1. The fraction of sp³-hybridized carbons (Fsp3) is 0.500. The molecule has 13 heavy (non-hydrogen) atoms. The van der Waals surface area contributed by atoms with Crippen LogP contribution in [-0.2, 0) is 6.42 Å². The van der Waals surface area contributed by atoms with E-state index in [9.17, 15) is 0 Å². The minimum atomic E-state index is 0.835. The summed E-state index contributed by atoms with van der Waals surface area (Å²) >= 11 is 0. The molecule has 0 saturated carbocycles. The highest BCUT2D eigenvalue weighted by Gasteiger charge is 1.92. The van der Waals surface area contributed by atoms with Gasteiger partial charge in [-0.25, -0.2) is 0 Å². The Balaban J connectivity index is 2.40. The molecule has 1 aromatic carbocycles. The molecule has 0 N–H and O–H groups in total. The van der Waals surface area contributed by atoms with E-state index in [-0.39, 0.29) is 0 Å². The maximum Gasteiger partial charge on any atom is 0.119 e. The zero-order chi connectivity index (χ0) is 9.52. The van der Waals surface area contributed by atoms with Gasteiger partial charge in [0.1, 0.15) is 5.75 Å². The van der Waals surface area contributed by atoms with E-state index < -0.39 is 0 Å². The number of aryl methyl sites for hydroxylation is 1. The Morgan fingerprint density at radius 2 is 1.77 bits per heavy atom. The van der Waals surface area contributed by atoms with Gasteiger partial charge in [0.15, 0.2) is 0 Å². The molecule has 0 radical (unpaired) electrons. The molecule has 0 aliphatic heterocycles. The van der Waals surface area contributed by atoms with E-state index in [0.29, 0.717) is 0 Å². The Labute approximate surface area is 80.7 Å². The first-order chi connectivity index (χ1) is 6.36. The second-order valence-corrected chi connectivity index (χ2v) is 3.20. The summed E-state index contributed by atoms with van der Waals surface area (Å²) < 4.78 is 5.55. The minimum absolute atomic E-state index is 0.835. The van der Waals surface area contributed by atoms with Gasteiger partial charge in [-0.3, -0.25) is 0 Å². The number of hydrogen-bond acceptors (Lipinski definition) is 1. The van der Waals surface area contributed by atoms with Crippen molar-refractivity contribution in [2.45, 2.75) is 33.1 Å². The van der Waals surface area contributed by atoms with Crippen LogP contribution in [-0.4, -0.2) is 6.61 Å². The summed E-state index contributed by atoms with van der Waals surface area (Å²) in [6.07, 6.45) is 3.41. The van der Waals surface area contributed by atoms with Crippen molar-refractivity contribution >= 4 is 0 Å². The summed E-state index contributed by atoms with van der Waals surface area (Å²) in [4.78, 5) is 0. The largest absolute Gasteiger partial charge is 0.494 e. The zero-order valence-electron chi connectivity index (χ0n) is 8.55. The molecular formula is C12H18O. The second kappa shape index (κ2) is 5.63. The van der Waals surface area contributed by atoms with Crippen LogP contribution in [0.3, 0.4) is 0 Å². The molecule has 1 heteroatoms. The van der Waals surface area contributed by atoms with Gasteiger partial charge >= 0.3 is 0 Å². The Bertz CT molecular complexity index is 225. The molecule has 0 amide bonds. The highest BCUT2D eigenvalue weighted by atomic mass is 16.5. The normalized spacial score (nSPS) is 10.0. The first-order valence-corrected chi connectivity index (χ1v) is 5.08. The lowest BCUT2D eigenvalue weighted by Gasteiger charge is -2.05. The van der Waals surface area contributed by atoms with Crippen LogP contribution in [0.4, 0.5) is 0 Å². The first-order valence-electron chi connectivity index (χ1n) is 5.08. The summed E-state index contributed by atoms with van der Waals surface area (Å²) in [5.74, 6) is 0.991. The second-order valence-electron chi connectivity index (χ2n) is 3.20. The number of hydrogen-bond donors (Lipinski definition) is 0. The average molecular weight is 178 g/mol. The van der Waals surface area contributed by atoms with Crippen LogP contribution in [0.5, 0.6) is 5.75 Å². The van der Waals surface area contributed by atoms with E-state index in [1.165, 1.54) is 12.0 Å². The van der Waals surface area contributed by atoms with Crippen LogP contribution in [0.25, 0.3) is 0 Å². The van der Waals surface area contributed by atoms with E-state index in [4.69, 9.17) is 4.74 Å². The molecule has 0 heterocycles. The van der Waals surface area contributed by atoms with E-state index in [2.05, 4.69) is 38.1 Å². The molecule has 0 atom stereocenters. The van der Waals surface area contributed by atoms with E-state index in [1.54, 1.807) is 0 Å². The third-order valence-electron chi connectivity index (χ3n) is 2.10. The Hall–Kier alpha value is -0.980. The highest BCUT2D eigenvalue weighted by Crippen LogP contribution is 2.12. The Kier molecular flexibility index (Phi) is 4.37. The molecule has 1 aromatic rings. The van der Waals surface area contributed by atoms with Crippen molar-refractivity contribution in [3.05, 3.63) is 29.8 Å². The monoisotopic (exact) mass is 178 g/mol. The Morgan fingerprint density at radius 1 is 1.08 bits per heavy atom. The van der Waals surface area contributed by atoms with Crippen molar-refractivity contribution in [1.82, 2.24) is 0 Å². The topological polar surface area (TPSA) is 9.23 Å². The molecule has 0 spiro atoms. The summed E-state index contributed by atoms with van der Waals surface area (Å²) in [5, 5.41) is 0. The molecule has 0 saturated heterocycles. The lowest BCUT2D eigenvalue weighted by atomic mass is 10.2. The molecule has 0 bridgehead atoms. The van der Waals surface area contributed by atoms with Crippen LogP contribution in [0.1, 0.15) is 32.3 Å². The third-order valence-corrected chi connectivity index (χ3v) is 2.10. The predicted molar refractivity (Wildman–Crippen MR) is 56.2 cm³/mol. The lowest BCUT2D eigenvalue weighted by Crippen LogP contribution is -1.96. The maximum atomic E-state index is 5.55. The van der Waals surface area contributed by atoms with E-state index in [1.807, 2.05) is 0 Å². The number of benzene rings is 1. The van der Waals surface area contributed by atoms with Gasteiger partial charge in [-0.15, -0.1) is 0 Å². The predicted octanol–water partition coefficient (Wildman–Crippen LogP) is 3.43. The van der Waals surface area contributed by atoms with Gasteiger partial charge in [-0.05, 0) is 30.5 Å². The van der Waals surface area contributed by atoms with Gasteiger partial charge in [0, 0.05) is 0 Å². The molecule has 0 unspecified atom stereocenters. The van der Waals surface area contributed by atoms with Gasteiger partial charge in [-0.2, -0.15) is 0 Å². The van der Waals surface area contributed by atoms with E-state index in [0.717, 1.165) is 25.2 Å². The highest BCUT2D eigenvalue weighted by molar-refractivity contribution is 5.27. The molecule has 0 aliphatic rings. The number of rotatable bonds is 5. The third kappa shape index (κ3) is 3.49. The van der Waals surface area contributed by atoms with E-state index >= 15 is 0 Å². The van der Waals surface area contributed by atoms with Gasteiger partial charge in [0.2, 0.25) is 0 Å². The van der Waals surface area contributed by atoms with Crippen LogP contribution in [0, 0.1) is 0 Å². The van der Waals surface area contributed by atoms with Crippen molar-refractivity contribution in [3.8, 4) is 5.75 Å². The van der Waals surface area contributed by atoms with Crippen molar-refractivity contribution < 1.29 is 4.74 Å². The van der Waals surface area contributed by atoms with Crippen LogP contribution >= 0.6 is 0 Å². The van der Waals surface area contributed by atoms with Crippen molar-refractivity contribution in [1.29, 1.82) is 0 Å². The fourth-order valence-electron chi connectivity index (χ4n) is 1.16.